The number of thioether (sulfide) groups is 1. The number of rotatable bonds is 8. The van der Waals surface area contributed by atoms with E-state index in [4.69, 9.17) is 10.5 Å². The molecule has 2 N–H and O–H groups in total. The molecule has 0 amide bonds. The molecular formula is C11H22N4OS. The van der Waals surface area contributed by atoms with Gasteiger partial charge in [-0.25, -0.2) is 0 Å². The molecule has 1 heterocycles. The minimum absolute atomic E-state index is 0.345. The van der Waals surface area contributed by atoms with Gasteiger partial charge in [-0.3, -0.25) is 0 Å². The van der Waals surface area contributed by atoms with Crippen LogP contribution in [0.25, 0.3) is 0 Å². The quantitative estimate of drug-likeness (QED) is 0.569. The summed E-state index contributed by atoms with van der Waals surface area (Å²) in [4.78, 5) is 0. The second-order valence-electron chi connectivity index (χ2n) is 3.97. The van der Waals surface area contributed by atoms with E-state index in [1.807, 2.05) is 6.92 Å². The third-order valence-electron chi connectivity index (χ3n) is 2.30. The van der Waals surface area contributed by atoms with Gasteiger partial charge in [-0.05, 0) is 27.2 Å². The summed E-state index contributed by atoms with van der Waals surface area (Å²) in [6, 6.07) is 0.345. The summed E-state index contributed by atoms with van der Waals surface area (Å²) in [5.41, 5.74) is 5.64. The average molecular weight is 258 g/mol. The van der Waals surface area contributed by atoms with Crippen LogP contribution in [-0.2, 0) is 11.3 Å². The van der Waals surface area contributed by atoms with Gasteiger partial charge in [-0.15, -0.1) is 10.2 Å². The second kappa shape index (κ2) is 7.68. The standard InChI is InChI=1S/C11H22N4OS/c1-4-16-6-5-7-17-11-14-13-10(8-12)15(11)9(2)3/h9H,4-8,12H2,1-3H3. The van der Waals surface area contributed by atoms with Crippen LogP contribution in [0.15, 0.2) is 5.16 Å². The van der Waals surface area contributed by atoms with Crippen LogP contribution >= 0.6 is 11.8 Å². The highest BCUT2D eigenvalue weighted by Crippen LogP contribution is 2.21. The number of hydrogen-bond acceptors (Lipinski definition) is 5. The monoisotopic (exact) mass is 258 g/mol. The fourth-order valence-electron chi connectivity index (χ4n) is 1.53. The Morgan fingerprint density at radius 2 is 2.18 bits per heavy atom. The van der Waals surface area contributed by atoms with Gasteiger partial charge in [0.25, 0.3) is 0 Å². The van der Waals surface area contributed by atoms with Gasteiger partial charge in [0.2, 0.25) is 0 Å². The van der Waals surface area contributed by atoms with E-state index in [9.17, 15) is 0 Å². The number of ether oxygens (including phenoxy) is 1. The van der Waals surface area contributed by atoms with Crippen molar-refractivity contribution in [3.8, 4) is 0 Å². The van der Waals surface area contributed by atoms with Gasteiger partial charge in [0.1, 0.15) is 5.82 Å². The predicted molar refractivity (Wildman–Crippen MR) is 70.1 cm³/mol. The molecule has 0 aliphatic heterocycles. The number of nitrogens with two attached hydrogens (primary N) is 1. The van der Waals surface area contributed by atoms with Crippen molar-refractivity contribution in [2.45, 2.75) is 44.9 Å². The van der Waals surface area contributed by atoms with Gasteiger partial charge in [-0.1, -0.05) is 11.8 Å². The molecule has 0 saturated heterocycles. The van der Waals surface area contributed by atoms with Gasteiger partial charge in [0.05, 0.1) is 6.54 Å². The van der Waals surface area contributed by atoms with Crippen molar-refractivity contribution in [2.24, 2.45) is 5.73 Å². The third-order valence-corrected chi connectivity index (χ3v) is 3.33. The molecule has 0 fully saturated rings. The van der Waals surface area contributed by atoms with Crippen LogP contribution in [0.1, 0.15) is 39.1 Å². The Bertz CT molecular complexity index is 327. The fourth-order valence-corrected chi connectivity index (χ4v) is 2.53. The molecular weight excluding hydrogens is 236 g/mol. The second-order valence-corrected chi connectivity index (χ2v) is 5.03. The van der Waals surface area contributed by atoms with E-state index in [-0.39, 0.29) is 0 Å². The molecule has 0 radical (unpaired) electrons. The molecule has 0 aliphatic carbocycles. The highest BCUT2D eigenvalue weighted by molar-refractivity contribution is 7.99. The van der Waals surface area contributed by atoms with Crippen molar-refractivity contribution in [2.75, 3.05) is 19.0 Å². The van der Waals surface area contributed by atoms with E-state index >= 15 is 0 Å². The minimum Gasteiger partial charge on any atom is -0.382 e. The molecule has 6 heteroatoms. The SMILES string of the molecule is CCOCCCSc1nnc(CN)n1C(C)C. The van der Waals surface area contributed by atoms with Gasteiger partial charge >= 0.3 is 0 Å². The smallest absolute Gasteiger partial charge is 0.191 e. The summed E-state index contributed by atoms with van der Waals surface area (Å²) in [6.07, 6.45) is 1.03. The van der Waals surface area contributed by atoms with E-state index in [0.29, 0.717) is 12.6 Å². The minimum atomic E-state index is 0.345. The normalized spacial score (nSPS) is 11.4. The summed E-state index contributed by atoms with van der Waals surface area (Å²) in [5, 5.41) is 9.24. The van der Waals surface area contributed by atoms with Crippen LogP contribution in [-0.4, -0.2) is 33.7 Å². The molecule has 0 spiro atoms. The first-order valence-electron chi connectivity index (χ1n) is 6.05. The van der Waals surface area contributed by atoms with Crippen LogP contribution in [0.3, 0.4) is 0 Å². The number of aromatic nitrogens is 3. The topological polar surface area (TPSA) is 66.0 Å². The molecule has 1 aromatic rings. The van der Waals surface area contributed by atoms with E-state index < -0.39 is 0 Å². The van der Waals surface area contributed by atoms with Crippen molar-refractivity contribution in [3.05, 3.63) is 5.82 Å². The molecule has 0 atom stereocenters. The zero-order valence-electron chi connectivity index (χ0n) is 10.8. The molecule has 0 bridgehead atoms. The van der Waals surface area contributed by atoms with E-state index in [1.54, 1.807) is 11.8 Å². The Morgan fingerprint density at radius 3 is 2.76 bits per heavy atom. The maximum atomic E-state index is 5.64. The number of nitrogens with zero attached hydrogens (tertiary/aromatic N) is 3. The van der Waals surface area contributed by atoms with Gasteiger partial charge in [0.15, 0.2) is 5.16 Å². The molecule has 0 unspecified atom stereocenters. The number of hydrogen-bond donors (Lipinski definition) is 1. The van der Waals surface area contributed by atoms with Crippen LogP contribution in [0.5, 0.6) is 0 Å². The van der Waals surface area contributed by atoms with Crippen molar-refractivity contribution in [1.82, 2.24) is 14.8 Å². The maximum Gasteiger partial charge on any atom is 0.191 e. The Balaban J connectivity index is 2.50. The third kappa shape index (κ3) is 4.29. The van der Waals surface area contributed by atoms with Crippen LogP contribution in [0.2, 0.25) is 0 Å². The van der Waals surface area contributed by atoms with Crippen molar-refractivity contribution < 1.29 is 4.74 Å². The summed E-state index contributed by atoms with van der Waals surface area (Å²) in [7, 11) is 0. The van der Waals surface area contributed by atoms with Gasteiger partial charge < -0.3 is 15.0 Å². The summed E-state index contributed by atoms with van der Waals surface area (Å²) >= 11 is 1.72. The Labute approximate surface area is 107 Å². The van der Waals surface area contributed by atoms with Crippen molar-refractivity contribution in [3.63, 3.8) is 0 Å². The van der Waals surface area contributed by atoms with Crippen molar-refractivity contribution >= 4 is 11.8 Å². The molecule has 1 aromatic heterocycles. The Kier molecular flexibility index (Phi) is 6.54. The maximum absolute atomic E-state index is 5.64. The van der Waals surface area contributed by atoms with E-state index in [2.05, 4.69) is 28.6 Å². The molecule has 0 aliphatic rings. The lowest BCUT2D eigenvalue weighted by molar-refractivity contribution is 0.149. The zero-order chi connectivity index (χ0) is 12.7. The molecule has 5 nitrogen and oxygen atoms in total. The highest BCUT2D eigenvalue weighted by atomic mass is 32.2. The fraction of sp³-hybridized carbons (Fsp3) is 0.818. The average Bonchev–Trinajstić information content (AvgIpc) is 2.72. The van der Waals surface area contributed by atoms with E-state index in [0.717, 1.165) is 36.4 Å². The summed E-state index contributed by atoms with van der Waals surface area (Å²) in [5.74, 6) is 1.85. The molecule has 1 rings (SSSR count). The van der Waals surface area contributed by atoms with E-state index in [1.165, 1.54) is 0 Å². The molecule has 0 aromatic carbocycles. The summed E-state index contributed by atoms with van der Waals surface area (Å²) < 4.78 is 7.40. The first-order chi connectivity index (χ1) is 8.20. The summed E-state index contributed by atoms with van der Waals surface area (Å²) in [6.45, 7) is 8.27. The molecule has 17 heavy (non-hydrogen) atoms. The van der Waals surface area contributed by atoms with Crippen LogP contribution in [0.4, 0.5) is 0 Å². The first kappa shape index (κ1) is 14.5. The van der Waals surface area contributed by atoms with Crippen LogP contribution < -0.4 is 5.73 Å². The Hall–Kier alpha value is -0.590. The highest BCUT2D eigenvalue weighted by Gasteiger charge is 2.13. The lowest BCUT2D eigenvalue weighted by Gasteiger charge is -2.12. The van der Waals surface area contributed by atoms with Crippen LogP contribution in [0, 0.1) is 0 Å². The van der Waals surface area contributed by atoms with Gasteiger partial charge in [-0.2, -0.15) is 0 Å². The Morgan fingerprint density at radius 1 is 1.41 bits per heavy atom. The largest absolute Gasteiger partial charge is 0.382 e. The molecule has 98 valence electrons. The predicted octanol–water partition coefficient (Wildman–Crippen LogP) is 1.84. The first-order valence-corrected chi connectivity index (χ1v) is 7.03. The lowest BCUT2D eigenvalue weighted by Crippen LogP contribution is -2.11. The lowest BCUT2D eigenvalue weighted by atomic mass is 10.4. The van der Waals surface area contributed by atoms with Crippen molar-refractivity contribution in [1.29, 1.82) is 0 Å². The zero-order valence-corrected chi connectivity index (χ0v) is 11.7. The molecule has 0 saturated carbocycles. The van der Waals surface area contributed by atoms with Gasteiger partial charge in [0, 0.05) is 25.0 Å².